The molecule has 1 aliphatic rings. The number of pyridine rings is 2. The fraction of sp³-hybridized carbons (Fsp3) is 0.281. The number of aromatic nitrogens is 4. The number of amides is 1. The Bertz CT molecular complexity index is 1950. The van der Waals surface area contributed by atoms with Crippen LogP contribution in [0.4, 0.5) is 10.2 Å². The third kappa shape index (κ3) is 5.17. The molecule has 0 bridgehead atoms. The van der Waals surface area contributed by atoms with E-state index >= 15 is 4.39 Å². The van der Waals surface area contributed by atoms with E-state index in [0.29, 0.717) is 36.4 Å². The van der Waals surface area contributed by atoms with Crippen LogP contribution in [0.25, 0.3) is 28.0 Å². The highest BCUT2D eigenvalue weighted by Crippen LogP contribution is 2.34. The van der Waals surface area contributed by atoms with Gasteiger partial charge in [-0.15, -0.1) is 0 Å². The van der Waals surface area contributed by atoms with Gasteiger partial charge in [0.1, 0.15) is 17.7 Å². The Morgan fingerprint density at radius 3 is 2.59 bits per heavy atom. The molecule has 3 aromatic heterocycles. The van der Waals surface area contributed by atoms with Gasteiger partial charge in [0.05, 0.1) is 33.6 Å². The third-order valence-electron chi connectivity index (χ3n) is 7.75. The summed E-state index contributed by atoms with van der Waals surface area (Å²) in [4.78, 5) is 55.3. The molecule has 0 aliphatic carbocycles. The second kappa shape index (κ2) is 11.7. The van der Waals surface area contributed by atoms with Crippen molar-refractivity contribution >= 4 is 28.7 Å². The van der Waals surface area contributed by atoms with E-state index < -0.39 is 17.5 Å². The van der Waals surface area contributed by atoms with E-state index in [1.54, 1.807) is 17.2 Å². The normalized spacial score (nSPS) is 15.0. The number of nitrogens with zero attached hydrogens (tertiary/aromatic N) is 7. The van der Waals surface area contributed by atoms with Crippen molar-refractivity contribution in [1.82, 2.24) is 24.4 Å². The zero-order valence-corrected chi connectivity index (χ0v) is 24.7. The van der Waals surface area contributed by atoms with Gasteiger partial charge >= 0.3 is 11.7 Å². The van der Waals surface area contributed by atoms with E-state index in [9.17, 15) is 24.8 Å². The molecule has 1 atom stereocenters. The number of fused-ring (bicyclic) bond motifs is 1. The van der Waals surface area contributed by atoms with Crippen LogP contribution >= 0.6 is 0 Å². The van der Waals surface area contributed by atoms with Crippen LogP contribution < -0.4 is 10.6 Å². The highest BCUT2D eigenvalue weighted by atomic mass is 19.1. The van der Waals surface area contributed by atoms with Crippen LogP contribution in [-0.4, -0.2) is 67.1 Å². The Hall–Kier alpha value is -5.44. The Morgan fingerprint density at radius 2 is 1.95 bits per heavy atom. The molecule has 0 radical (unpaired) electrons. The summed E-state index contributed by atoms with van der Waals surface area (Å²) in [6, 6.07) is 8.29. The van der Waals surface area contributed by atoms with E-state index in [4.69, 9.17) is 4.98 Å². The highest BCUT2D eigenvalue weighted by Gasteiger charge is 2.31. The first-order valence-electron chi connectivity index (χ1n) is 14.0. The first kappa shape index (κ1) is 30.0. The molecule has 1 aromatic carbocycles. The topological polar surface area (TPSA) is 145 Å². The molecule has 1 saturated heterocycles. The van der Waals surface area contributed by atoms with Gasteiger partial charge in [-0.3, -0.25) is 9.78 Å². The summed E-state index contributed by atoms with van der Waals surface area (Å²) in [7, 11) is 0. The predicted molar refractivity (Wildman–Crippen MR) is 162 cm³/mol. The van der Waals surface area contributed by atoms with E-state index in [1.807, 2.05) is 32.6 Å². The quantitative estimate of drug-likeness (QED) is 0.324. The maximum atomic E-state index is 15.2. The van der Waals surface area contributed by atoms with Gasteiger partial charge in [-0.05, 0) is 61.7 Å². The molecule has 12 heteroatoms. The van der Waals surface area contributed by atoms with Crippen LogP contribution in [0.3, 0.4) is 0 Å². The number of carboxylic acid groups (broad SMARTS) is 1. The number of rotatable bonds is 6. The molecule has 1 aliphatic heterocycles. The zero-order chi connectivity index (χ0) is 31.9. The number of carbonyl (C=O) groups excluding carboxylic acids is 1. The summed E-state index contributed by atoms with van der Waals surface area (Å²) in [6.45, 7) is 12.2. The molecule has 1 amide bonds. The van der Waals surface area contributed by atoms with Gasteiger partial charge in [-0.2, -0.15) is 10.2 Å². The zero-order valence-electron chi connectivity index (χ0n) is 24.7. The summed E-state index contributed by atoms with van der Waals surface area (Å²) >= 11 is 0. The Kier molecular flexibility index (Phi) is 7.97. The number of hydrogen-bond donors (Lipinski definition) is 1. The minimum absolute atomic E-state index is 0.0349. The molecule has 224 valence electrons. The smallest absolute Gasteiger partial charge is 0.355 e. The van der Waals surface area contributed by atoms with Gasteiger partial charge in [0.25, 0.3) is 0 Å². The Labute approximate surface area is 252 Å². The van der Waals surface area contributed by atoms with Crippen LogP contribution in [0, 0.1) is 24.1 Å². The van der Waals surface area contributed by atoms with Crippen LogP contribution in [0.15, 0.2) is 54.0 Å². The maximum Gasteiger partial charge on any atom is 0.355 e. The molecule has 4 aromatic rings. The second-order valence-corrected chi connectivity index (χ2v) is 11.0. The van der Waals surface area contributed by atoms with Crippen molar-refractivity contribution in [3.8, 4) is 23.0 Å². The number of piperazine rings is 1. The van der Waals surface area contributed by atoms with E-state index in [1.165, 1.54) is 16.7 Å². The summed E-state index contributed by atoms with van der Waals surface area (Å²) in [5, 5.41) is 20.1. The molecule has 11 nitrogen and oxygen atoms in total. The predicted octanol–water partition coefficient (Wildman–Crippen LogP) is 4.21. The summed E-state index contributed by atoms with van der Waals surface area (Å²) in [5.41, 5.74) is 0.699. The number of halogens is 1. The van der Waals surface area contributed by atoms with Gasteiger partial charge in [0.2, 0.25) is 5.91 Å². The molecule has 0 unspecified atom stereocenters. The fourth-order valence-electron chi connectivity index (χ4n) is 5.57. The summed E-state index contributed by atoms with van der Waals surface area (Å²) in [6.07, 6.45) is 2.90. The second-order valence-electron chi connectivity index (χ2n) is 11.0. The van der Waals surface area contributed by atoms with Crippen LogP contribution in [0.1, 0.15) is 53.9 Å². The SMILES string of the molecule is C=CC(=O)N1CCN(c2nc(=O)n(-c3c(C)ccnc3C(C)C)c3nc(-c4cc(C(=O)O)ccc4F)c(C#N)cc23)[C@@H](C)C1. The number of carbonyl (C=O) groups is 2. The molecule has 5 rings (SSSR count). The van der Waals surface area contributed by atoms with Gasteiger partial charge in [-0.1, -0.05) is 20.4 Å². The molecular formula is C32H30FN7O4. The lowest BCUT2D eigenvalue weighted by Crippen LogP contribution is -2.54. The van der Waals surface area contributed by atoms with Gasteiger partial charge < -0.3 is 14.9 Å². The molecule has 4 heterocycles. The number of aryl methyl sites for hydroxylation is 1. The minimum Gasteiger partial charge on any atom is -0.478 e. The van der Waals surface area contributed by atoms with Crippen LogP contribution in [0.5, 0.6) is 0 Å². The average molecular weight is 596 g/mol. The average Bonchev–Trinajstić information content (AvgIpc) is 3.00. The van der Waals surface area contributed by atoms with Crippen molar-refractivity contribution in [1.29, 1.82) is 5.26 Å². The fourth-order valence-corrected chi connectivity index (χ4v) is 5.57. The molecule has 1 N–H and O–H groups in total. The number of carboxylic acids is 1. The largest absolute Gasteiger partial charge is 0.478 e. The molecule has 0 saturated carbocycles. The van der Waals surface area contributed by atoms with E-state index in [2.05, 4.69) is 22.6 Å². The van der Waals surface area contributed by atoms with Crippen molar-refractivity contribution in [2.24, 2.45) is 0 Å². The number of benzene rings is 1. The van der Waals surface area contributed by atoms with Crippen molar-refractivity contribution < 1.29 is 19.1 Å². The third-order valence-corrected chi connectivity index (χ3v) is 7.75. The Morgan fingerprint density at radius 1 is 1.20 bits per heavy atom. The Balaban J connectivity index is 1.87. The van der Waals surface area contributed by atoms with E-state index in [-0.39, 0.29) is 51.7 Å². The van der Waals surface area contributed by atoms with E-state index in [0.717, 1.165) is 23.8 Å². The van der Waals surface area contributed by atoms with Gasteiger partial charge in [0, 0.05) is 37.4 Å². The minimum atomic E-state index is -1.27. The molecular weight excluding hydrogens is 565 g/mol. The van der Waals surface area contributed by atoms with Gasteiger partial charge in [0.15, 0.2) is 5.65 Å². The van der Waals surface area contributed by atoms with Crippen LogP contribution in [0.2, 0.25) is 0 Å². The molecule has 44 heavy (non-hydrogen) atoms. The van der Waals surface area contributed by atoms with Crippen molar-refractivity contribution in [3.63, 3.8) is 0 Å². The number of hydrogen-bond acceptors (Lipinski definition) is 8. The summed E-state index contributed by atoms with van der Waals surface area (Å²) < 4.78 is 16.6. The summed E-state index contributed by atoms with van der Waals surface area (Å²) in [5.74, 6) is -2.09. The first-order chi connectivity index (χ1) is 21.0. The lowest BCUT2D eigenvalue weighted by molar-refractivity contribution is -0.126. The maximum absolute atomic E-state index is 15.2. The molecule has 1 fully saturated rings. The monoisotopic (exact) mass is 595 g/mol. The first-order valence-corrected chi connectivity index (χ1v) is 14.0. The lowest BCUT2D eigenvalue weighted by atomic mass is 10.0. The van der Waals surface area contributed by atoms with Crippen molar-refractivity contribution in [2.75, 3.05) is 24.5 Å². The number of anilines is 1. The van der Waals surface area contributed by atoms with Crippen LogP contribution in [-0.2, 0) is 4.79 Å². The standard InChI is InChI=1S/C32H30FN7O4/c1-6-25(41)38-11-12-39(19(5)16-38)29-23-14-21(15-34)27(22-13-20(31(42)43)7-8-24(22)33)36-30(23)40(32(44)37-29)28-18(4)9-10-35-26(28)17(2)3/h6-10,13-14,17,19H,1,11-12,16H2,2-5H3,(H,42,43)/t19-/m0/s1. The van der Waals surface area contributed by atoms with Crippen molar-refractivity contribution in [3.05, 3.63) is 87.9 Å². The highest BCUT2D eigenvalue weighted by molar-refractivity contribution is 5.94. The van der Waals surface area contributed by atoms with Crippen molar-refractivity contribution in [2.45, 2.75) is 39.7 Å². The number of aromatic carboxylic acids is 1. The lowest BCUT2D eigenvalue weighted by Gasteiger charge is -2.40. The number of nitriles is 1. The molecule has 0 spiro atoms. The van der Waals surface area contributed by atoms with Gasteiger partial charge in [-0.25, -0.2) is 23.5 Å².